The average Bonchev–Trinajstić information content (AvgIpc) is 2.69. The van der Waals surface area contributed by atoms with E-state index in [0.717, 1.165) is 18.9 Å². The van der Waals surface area contributed by atoms with E-state index < -0.39 is 17.5 Å². The van der Waals surface area contributed by atoms with Crippen molar-refractivity contribution in [3.63, 3.8) is 0 Å². The number of hydrogen-bond acceptors (Lipinski definition) is 2. The summed E-state index contributed by atoms with van der Waals surface area (Å²) < 4.78 is 41.6. The molecule has 1 aromatic rings. The molecular formula is C10H12F3NO. The fourth-order valence-corrected chi connectivity index (χ4v) is 2.01. The first-order valence-corrected chi connectivity index (χ1v) is 4.88. The van der Waals surface area contributed by atoms with Gasteiger partial charge in [0, 0.05) is 0 Å². The van der Waals surface area contributed by atoms with Gasteiger partial charge in [-0.05, 0) is 25.0 Å². The van der Waals surface area contributed by atoms with Crippen LogP contribution in [0.2, 0.25) is 0 Å². The Balaban J connectivity index is 2.27. The lowest BCUT2D eigenvalue weighted by Gasteiger charge is -2.20. The van der Waals surface area contributed by atoms with Crippen LogP contribution in [0.4, 0.5) is 13.2 Å². The largest absolute Gasteiger partial charge is 0.455 e. The molecule has 1 fully saturated rings. The van der Waals surface area contributed by atoms with Crippen LogP contribution >= 0.6 is 0 Å². The molecule has 1 aliphatic carbocycles. The van der Waals surface area contributed by atoms with Crippen molar-refractivity contribution in [3.05, 3.63) is 23.7 Å². The number of nitrogens with two attached hydrogens (primary N) is 1. The highest BCUT2D eigenvalue weighted by atomic mass is 19.4. The maximum atomic E-state index is 12.3. The molecule has 2 N–H and O–H groups in total. The topological polar surface area (TPSA) is 39.2 Å². The van der Waals surface area contributed by atoms with Gasteiger partial charge in [0.1, 0.15) is 5.76 Å². The van der Waals surface area contributed by atoms with Crippen LogP contribution in [0.15, 0.2) is 16.5 Å². The minimum absolute atomic E-state index is 0.257. The number of halogens is 3. The number of hydrogen-bond donors (Lipinski definition) is 1. The van der Waals surface area contributed by atoms with E-state index in [4.69, 9.17) is 10.2 Å². The molecule has 0 aliphatic heterocycles. The third-order valence-corrected chi connectivity index (χ3v) is 2.87. The molecule has 0 amide bonds. The molecule has 0 aromatic carbocycles. The molecule has 0 atom stereocenters. The minimum atomic E-state index is -4.42. The molecule has 15 heavy (non-hydrogen) atoms. The molecule has 2 nitrogen and oxygen atoms in total. The molecule has 2 rings (SSSR count). The van der Waals surface area contributed by atoms with Gasteiger partial charge in [-0.15, -0.1) is 0 Å². The van der Waals surface area contributed by atoms with Crippen LogP contribution in [0, 0.1) is 0 Å². The zero-order valence-corrected chi connectivity index (χ0v) is 8.10. The fourth-order valence-electron chi connectivity index (χ4n) is 2.01. The Kier molecular flexibility index (Phi) is 2.30. The molecule has 1 saturated carbocycles. The average molecular weight is 219 g/mol. The molecule has 1 aromatic heterocycles. The van der Waals surface area contributed by atoms with E-state index in [1.807, 2.05) is 0 Å². The minimum Gasteiger partial charge on any atom is -0.455 e. The van der Waals surface area contributed by atoms with E-state index in [-0.39, 0.29) is 5.76 Å². The summed E-state index contributed by atoms with van der Waals surface area (Å²) in [5.74, 6) is -0.707. The molecule has 1 aliphatic rings. The van der Waals surface area contributed by atoms with Gasteiger partial charge in [0.25, 0.3) is 0 Å². The zero-order chi connectivity index (χ0) is 11.1. The van der Waals surface area contributed by atoms with Gasteiger partial charge in [-0.1, -0.05) is 12.8 Å². The van der Waals surface area contributed by atoms with Crippen LogP contribution in [0.3, 0.4) is 0 Å². The van der Waals surface area contributed by atoms with Crippen molar-refractivity contribution >= 4 is 0 Å². The number of furan rings is 1. The number of alkyl halides is 3. The second-order valence-electron chi connectivity index (χ2n) is 4.02. The summed E-state index contributed by atoms with van der Waals surface area (Å²) in [5.41, 5.74) is 5.28. The normalized spacial score (nSPS) is 20.8. The van der Waals surface area contributed by atoms with Crippen molar-refractivity contribution in [3.8, 4) is 0 Å². The van der Waals surface area contributed by atoms with E-state index in [1.54, 1.807) is 0 Å². The Morgan fingerprint density at radius 1 is 1.20 bits per heavy atom. The standard InChI is InChI=1S/C10H12F3NO/c11-10(12,13)8-4-3-7(15-8)9(14)5-1-2-6-9/h3-4H,1-2,5-6,14H2. The van der Waals surface area contributed by atoms with Gasteiger partial charge in [0.2, 0.25) is 5.76 Å². The first-order valence-electron chi connectivity index (χ1n) is 4.88. The SMILES string of the molecule is NC1(c2ccc(C(F)(F)F)o2)CCCC1. The van der Waals surface area contributed by atoms with E-state index in [1.165, 1.54) is 6.07 Å². The van der Waals surface area contributed by atoms with Gasteiger partial charge < -0.3 is 10.2 Å². The van der Waals surface area contributed by atoms with Gasteiger partial charge in [-0.2, -0.15) is 13.2 Å². The molecule has 0 saturated heterocycles. The Morgan fingerprint density at radius 3 is 2.27 bits per heavy atom. The van der Waals surface area contributed by atoms with Crippen LogP contribution in [0.5, 0.6) is 0 Å². The van der Waals surface area contributed by atoms with Gasteiger partial charge in [0.15, 0.2) is 0 Å². The summed E-state index contributed by atoms with van der Waals surface area (Å²) in [6, 6.07) is 2.29. The molecule has 0 radical (unpaired) electrons. The van der Waals surface area contributed by atoms with Crippen molar-refractivity contribution in [1.29, 1.82) is 0 Å². The molecule has 0 bridgehead atoms. The molecule has 1 heterocycles. The summed E-state index contributed by atoms with van der Waals surface area (Å²) in [6.07, 6.45) is -1.15. The fraction of sp³-hybridized carbons (Fsp3) is 0.600. The monoisotopic (exact) mass is 219 g/mol. The van der Waals surface area contributed by atoms with Gasteiger partial charge in [0.05, 0.1) is 5.54 Å². The van der Waals surface area contributed by atoms with Gasteiger partial charge in [-0.3, -0.25) is 0 Å². The summed E-state index contributed by atoms with van der Waals surface area (Å²) in [5, 5.41) is 0. The first-order chi connectivity index (χ1) is 6.92. The third-order valence-electron chi connectivity index (χ3n) is 2.87. The zero-order valence-electron chi connectivity index (χ0n) is 8.10. The Bertz CT molecular complexity index is 350. The lowest BCUT2D eigenvalue weighted by atomic mass is 9.96. The summed E-state index contributed by atoms with van der Waals surface area (Å²) in [6.45, 7) is 0. The molecular weight excluding hydrogens is 207 g/mol. The third kappa shape index (κ3) is 1.88. The second-order valence-corrected chi connectivity index (χ2v) is 4.02. The lowest BCUT2D eigenvalue weighted by Crippen LogP contribution is -2.32. The van der Waals surface area contributed by atoms with Crippen LogP contribution in [-0.2, 0) is 11.7 Å². The molecule has 0 spiro atoms. The Morgan fingerprint density at radius 2 is 1.80 bits per heavy atom. The van der Waals surface area contributed by atoms with E-state index >= 15 is 0 Å². The van der Waals surface area contributed by atoms with Crippen molar-refractivity contribution in [2.24, 2.45) is 5.73 Å². The van der Waals surface area contributed by atoms with Gasteiger partial charge >= 0.3 is 6.18 Å². The summed E-state index contributed by atoms with van der Waals surface area (Å²) in [7, 11) is 0. The predicted octanol–water partition coefficient (Wildman–Crippen LogP) is 3.03. The van der Waals surface area contributed by atoms with Crippen molar-refractivity contribution < 1.29 is 17.6 Å². The molecule has 5 heteroatoms. The predicted molar refractivity (Wildman–Crippen MR) is 48.0 cm³/mol. The maximum absolute atomic E-state index is 12.3. The maximum Gasteiger partial charge on any atom is 0.449 e. The highest BCUT2D eigenvalue weighted by Crippen LogP contribution is 2.39. The summed E-state index contributed by atoms with van der Waals surface area (Å²) in [4.78, 5) is 0. The Hall–Kier alpha value is -0.970. The van der Waals surface area contributed by atoms with Crippen LogP contribution in [-0.4, -0.2) is 0 Å². The highest BCUT2D eigenvalue weighted by Gasteiger charge is 2.39. The van der Waals surface area contributed by atoms with E-state index in [2.05, 4.69) is 0 Å². The lowest BCUT2D eigenvalue weighted by molar-refractivity contribution is -0.153. The second kappa shape index (κ2) is 3.27. The first kappa shape index (κ1) is 10.5. The smallest absolute Gasteiger partial charge is 0.449 e. The van der Waals surface area contributed by atoms with Crippen molar-refractivity contribution in [2.45, 2.75) is 37.4 Å². The van der Waals surface area contributed by atoms with Crippen molar-refractivity contribution in [1.82, 2.24) is 0 Å². The van der Waals surface area contributed by atoms with Crippen LogP contribution < -0.4 is 5.73 Å². The van der Waals surface area contributed by atoms with Gasteiger partial charge in [-0.25, -0.2) is 0 Å². The number of rotatable bonds is 1. The van der Waals surface area contributed by atoms with Crippen LogP contribution in [0.1, 0.15) is 37.2 Å². The molecule has 84 valence electrons. The van der Waals surface area contributed by atoms with Crippen LogP contribution in [0.25, 0.3) is 0 Å². The summed E-state index contributed by atoms with van der Waals surface area (Å²) >= 11 is 0. The van der Waals surface area contributed by atoms with E-state index in [9.17, 15) is 13.2 Å². The van der Waals surface area contributed by atoms with E-state index in [0.29, 0.717) is 12.8 Å². The quantitative estimate of drug-likeness (QED) is 0.788. The molecule has 0 unspecified atom stereocenters. The van der Waals surface area contributed by atoms with Crippen molar-refractivity contribution in [2.75, 3.05) is 0 Å². The Labute approximate surface area is 85.2 Å². The highest BCUT2D eigenvalue weighted by molar-refractivity contribution is 5.18.